The van der Waals surface area contributed by atoms with E-state index in [9.17, 15) is 14.3 Å². The highest BCUT2D eigenvalue weighted by atomic mass is 32.2. The van der Waals surface area contributed by atoms with Crippen molar-refractivity contribution < 1.29 is 13.7 Å². The van der Waals surface area contributed by atoms with Gasteiger partial charge in [0, 0.05) is 24.7 Å². The number of benzene rings is 1. The number of carbonyl (C=O) groups is 1. The van der Waals surface area contributed by atoms with Crippen LogP contribution in [0.1, 0.15) is 37.4 Å². The Morgan fingerprint density at radius 2 is 2.21 bits per heavy atom. The second-order valence-electron chi connectivity index (χ2n) is 7.80. The Bertz CT molecular complexity index is 1380. The zero-order chi connectivity index (χ0) is 23.6. The summed E-state index contributed by atoms with van der Waals surface area (Å²) in [5.74, 6) is 0.338. The number of para-hydroxylation sites is 1. The SMILES string of the molecule is CC(C)c1cccc(-c2ccnc(C#N)c2)c1NC(=O)N=S(N)(=O)c1cnn2c1OCCC2. The topological polar surface area (TPSA) is 148 Å². The van der Waals surface area contributed by atoms with Crippen LogP contribution >= 0.6 is 0 Å². The summed E-state index contributed by atoms with van der Waals surface area (Å²) in [6.45, 7) is 5.03. The number of pyridine rings is 1. The van der Waals surface area contributed by atoms with Gasteiger partial charge in [0.05, 0.1) is 18.5 Å². The molecule has 33 heavy (non-hydrogen) atoms. The summed E-state index contributed by atoms with van der Waals surface area (Å²) in [6, 6.07) is 10.1. The van der Waals surface area contributed by atoms with Crippen molar-refractivity contribution in [1.82, 2.24) is 14.8 Å². The second-order valence-corrected chi connectivity index (χ2v) is 9.55. The number of hydrogen-bond donors (Lipinski definition) is 2. The number of fused-ring (bicyclic) bond motifs is 1. The summed E-state index contributed by atoms with van der Waals surface area (Å²) >= 11 is 0. The molecule has 0 bridgehead atoms. The van der Waals surface area contributed by atoms with E-state index in [0.717, 1.165) is 12.0 Å². The summed E-state index contributed by atoms with van der Waals surface area (Å²) in [5.41, 5.74) is 2.98. The maximum Gasteiger partial charge on any atom is 0.354 e. The Morgan fingerprint density at radius 1 is 1.39 bits per heavy atom. The highest BCUT2D eigenvalue weighted by Gasteiger charge is 2.24. The predicted molar refractivity (Wildman–Crippen MR) is 123 cm³/mol. The molecule has 1 aromatic carbocycles. The first-order chi connectivity index (χ1) is 15.8. The van der Waals surface area contributed by atoms with Crippen LogP contribution in [0.25, 0.3) is 11.1 Å². The summed E-state index contributed by atoms with van der Waals surface area (Å²) in [7, 11) is -3.60. The first kappa shape index (κ1) is 22.4. The minimum Gasteiger partial charge on any atom is -0.477 e. The highest BCUT2D eigenvalue weighted by molar-refractivity contribution is 7.91. The molecule has 170 valence electrons. The summed E-state index contributed by atoms with van der Waals surface area (Å²) < 4.78 is 24.0. The molecule has 3 aromatic rings. The van der Waals surface area contributed by atoms with E-state index in [1.54, 1.807) is 16.8 Å². The van der Waals surface area contributed by atoms with Gasteiger partial charge in [-0.2, -0.15) is 10.4 Å². The van der Waals surface area contributed by atoms with E-state index in [2.05, 4.69) is 19.8 Å². The number of carbonyl (C=O) groups excluding carboxylic acids is 1. The largest absolute Gasteiger partial charge is 0.477 e. The number of ether oxygens (including phenoxy) is 1. The van der Waals surface area contributed by atoms with Crippen LogP contribution in [0.2, 0.25) is 0 Å². The lowest BCUT2D eigenvalue weighted by Gasteiger charge is -2.18. The molecule has 2 aromatic heterocycles. The zero-order valence-corrected chi connectivity index (χ0v) is 19.0. The Kier molecular flexibility index (Phi) is 6.13. The maximum absolute atomic E-state index is 13.2. The van der Waals surface area contributed by atoms with Gasteiger partial charge in [-0.15, -0.1) is 4.36 Å². The molecule has 0 fully saturated rings. The molecule has 3 N–H and O–H groups in total. The van der Waals surface area contributed by atoms with Crippen LogP contribution in [-0.4, -0.2) is 31.6 Å². The van der Waals surface area contributed by atoms with Gasteiger partial charge in [-0.05, 0) is 29.2 Å². The lowest BCUT2D eigenvalue weighted by Crippen LogP contribution is -2.21. The molecule has 4 rings (SSSR count). The van der Waals surface area contributed by atoms with Gasteiger partial charge in [0.15, 0.2) is 9.92 Å². The van der Waals surface area contributed by atoms with Gasteiger partial charge in [0.1, 0.15) is 16.7 Å². The molecule has 0 saturated heterocycles. The van der Waals surface area contributed by atoms with Crippen molar-refractivity contribution >= 4 is 21.6 Å². The zero-order valence-electron chi connectivity index (χ0n) is 18.2. The molecule has 0 aliphatic carbocycles. The Morgan fingerprint density at radius 3 is 2.97 bits per heavy atom. The van der Waals surface area contributed by atoms with Crippen molar-refractivity contribution in [3.63, 3.8) is 0 Å². The quantitative estimate of drug-likeness (QED) is 0.601. The number of anilines is 1. The van der Waals surface area contributed by atoms with Gasteiger partial charge in [-0.25, -0.2) is 23.8 Å². The van der Waals surface area contributed by atoms with Crippen molar-refractivity contribution in [2.45, 2.75) is 37.6 Å². The molecule has 2 amide bonds. The second kappa shape index (κ2) is 9.01. The number of hydrogen-bond acceptors (Lipinski definition) is 6. The van der Waals surface area contributed by atoms with E-state index in [1.165, 1.54) is 12.4 Å². The van der Waals surface area contributed by atoms with Crippen molar-refractivity contribution in [2.75, 3.05) is 11.9 Å². The molecule has 1 aliphatic heterocycles. The van der Waals surface area contributed by atoms with E-state index in [-0.39, 0.29) is 22.4 Å². The Hall–Kier alpha value is -3.75. The third-order valence-corrected chi connectivity index (χ3v) is 6.53. The molecule has 3 heterocycles. The van der Waals surface area contributed by atoms with Crippen LogP contribution in [0.5, 0.6) is 5.88 Å². The first-order valence-corrected chi connectivity index (χ1v) is 11.9. The van der Waals surface area contributed by atoms with E-state index >= 15 is 0 Å². The Labute approximate surface area is 191 Å². The number of nitrogens with zero attached hydrogens (tertiary/aromatic N) is 5. The fourth-order valence-corrected chi connectivity index (χ4v) is 4.64. The van der Waals surface area contributed by atoms with Gasteiger partial charge in [0.25, 0.3) is 0 Å². The minimum atomic E-state index is -3.60. The number of aryl methyl sites for hydroxylation is 1. The average molecular weight is 466 g/mol. The number of rotatable bonds is 4. The third-order valence-electron chi connectivity index (χ3n) is 5.18. The summed E-state index contributed by atoms with van der Waals surface area (Å²) in [6.07, 6.45) is 3.63. The van der Waals surface area contributed by atoms with Crippen molar-refractivity contribution in [3.05, 3.63) is 54.0 Å². The molecule has 11 heteroatoms. The van der Waals surface area contributed by atoms with Crippen molar-refractivity contribution in [2.24, 2.45) is 9.50 Å². The number of nitrogens with two attached hydrogens (primary N) is 1. The van der Waals surface area contributed by atoms with E-state index in [1.807, 2.05) is 38.1 Å². The van der Waals surface area contributed by atoms with Crippen LogP contribution in [0, 0.1) is 11.3 Å². The standard InChI is InChI=1S/C22H23N7O3S/c1-14(2)17-5-3-6-18(15-7-8-25-16(11-15)12-23)20(17)27-22(30)28-33(24,31)19-13-26-29-9-4-10-32-21(19)29/h3,5-8,11,13-14H,4,9-10H2,1-2H3,(H3,24,27,28,30,31). The number of nitrogens with one attached hydrogen (secondary N) is 1. The fourth-order valence-electron chi connectivity index (χ4n) is 3.64. The normalized spacial score (nSPS) is 14.5. The average Bonchev–Trinajstić information content (AvgIpc) is 3.24. The Balaban J connectivity index is 1.74. The summed E-state index contributed by atoms with van der Waals surface area (Å²) in [5, 5.41) is 22.1. The van der Waals surface area contributed by atoms with Gasteiger partial charge >= 0.3 is 6.03 Å². The van der Waals surface area contributed by atoms with Crippen LogP contribution in [-0.2, 0) is 16.5 Å². The monoisotopic (exact) mass is 465 g/mol. The molecule has 10 nitrogen and oxygen atoms in total. The lowest BCUT2D eigenvalue weighted by atomic mass is 9.94. The predicted octanol–water partition coefficient (Wildman–Crippen LogP) is 3.66. The van der Waals surface area contributed by atoms with E-state index in [4.69, 9.17) is 9.88 Å². The van der Waals surface area contributed by atoms with Crippen LogP contribution in [0.15, 0.2) is 52.0 Å². The van der Waals surface area contributed by atoms with Crippen molar-refractivity contribution in [1.29, 1.82) is 5.26 Å². The number of urea groups is 1. The first-order valence-electron chi connectivity index (χ1n) is 10.3. The molecular formula is C22H23N7O3S. The molecule has 1 aliphatic rings. The third kappa shape index (κ3) is 4.57. The number of amides is 2. The molecule has 0 radical (unpaired) electrons. The molecule has 1 atom stereocenters. The maximum atomic E-state index is 13.2. The molecular weight excluding hydrogens is 442 g/mol. The van der Waals surface area contributed by atoms with Crippen molar-refractivity contribution in [3.8, 4) is 23.1 Å². The molecule has 0 saturated carbocycles. The molecule has 0 spiro atoms. The van der Waals surface area contributed by atoms with Crippen LogP contribution < -0.4 is 15.2 Å². The van der Waals surface area contributed by atoms with Crippen LogP contribution in [0.3, 0.4) is 0 Å². The lowest BCUT2D eigenvalue weighted by molar-refractivity contribution is 0.224. The van der Waals surface area contributed by atoms with Gasteiger partial charge in [0.2, 0.25) is 5.88 Å². The van der Waals surface area contributed by atoms with Gasteiger partial charge < -0.3 is 10.1 Å². The van der Waals surface area contributed by atoms with E-state index in [0.29, 0.717) is 30.0 Å². The number of nitriles is 1. The highest BCUT2D eigenvalue weighted by Crippen LogP contribution is 2.35. The van der Waals surface area contributed by atoms with E-state index < -0.39 is 15.9 Å². The molecule has 1 unspecified atom stereocenters. The minimum absolute atomic E-state index is 0.0656. The van der Waals surface area contributed by atoms with Gasteiger partial charge in [-0.3, -0.25) is 0 Å². The van der Waals surface area contributed by atoms with Crippen LogP contribution in [0.4, 0.5) is 10.5 Å². The number of aromatic nitrogens is 3. The smallest absolute Gasteiger partial charge is 0.354 e. The summed E-state index contributed by atoms with van der Waals surface area (Å²) in [4.78, 5) is 17.0. The van der Waals surface area contributed by atoms with Gasteiger partial charge in [-0.1, -0.05) is 32.0 Å². The fraction of sp³-hybridized carbons (Fsp3) is 0.273.